The van der Waals surface area contributed by atoms with Crippen LogP contribution in [-0.2, 0) is 22.9 Å². The van der Waals surface area contributed by atoms with Gasteiger partial charge in [0.25, 0.3) is 0 Å². The van der Waals surface area contributed by atoms with Gasteiger partial charge in [-0.1, -0.05) is 30.8 Å². The van der Waals surface area contributed by atoms with Crippen molar-refractivity contribution in [2.24, 2.45) is 5.73 Å². The molecule has 0 spiro atoms. The highest BCUT2D eigenvalue weighted by Crippen LogP contribution is 2.45. The van der Waals surface area contributed by atoms with Crippen molar-refractivity contribution in [3.05, 3.63) is 77.4 Å². The van der Waals surface area contributed by atoms with Crippen LogP contribution in [0, 0.1) is 0 Å². The summed E-state index contributed by atoms with van der Waals surface area (Å²) in [5, 5.41) is 2.65. The predicted octanol–water partition coefficient (Wildman–Crippen LogP) is 3.98. The molecule has 6 heteroatoms. The molecular weight excluding hydrogens is 329 g/mol. The zero-order valence-corrected chi connectivity index (χ0v) is 13.4. The van der Waals surface area contributed by atoms with Crippen molar-refractivity contribution in [3.8, 4) is 0 Å². The van der Waals surface area contributed by atoms with Gasteiger partial charge in [0.05, 0.1) is 11.1 Å². The molecule has 2 aromatic rings. The first-order valence-electron chi connectivity index (χ1n) is 7.78. The van der Waals surface area contributed by atoms with Gasteiger partial charge in [0.1, 0.15) is 0 Å². The topological polar surface area (TPSA) is 55.1 Å². The maximum absolute atomic E-state index is 13.4. The van der Waals surface area contributed by atoms with Gasteiger partial charge in [0, 0.05) is 5.69 Å². The van der Waals surface area contributed by atoms with Crippen molar-refractivity contribution in [2.75, 3.05) is 5.32 Å². The van der Waals surface area contributed by atoms with E-state index in [1.807, 2.05) is 0 Å². The molecule has 3 N–H and O–H groups in total. The maximum atomic E-state index is 13.4. The van der Waals surface area contributed by atoms with E-state index in [1.165, 1.54) is 12.1 Å². The van der Waals surface area contributed by atoms with Gasteiger partial charge in [0.2, 0.25) is 5.91 Å². The Bertz CT molecular complexity index is 845. The largest absolute Gasteiger partial charge is 0.416 e. The molecule has 1 aliphatic carbocycles. The van der Waals surface area contributed by atoms with E-state index in [1.54, 1.807) is 24.3 Å². The summed E-state index contributed by atoms with van der Waals surface area (Å²) in [6.07, 6.45) is -2.41. The lowest BCUT2D eigenvalue weighted by Gasteiger charge is -2.29. The Hall–Kier alpha value is -2.60. The van der Waals surface area contributed by atoms with E-state index in [9.17, 15) is 18.0 Å². The fraction of sp³-hybridized carbons (Fsp3) is 0.211. The summed E-state index contributed by atoms with van der Waals surface area (Å²) < 4.78 is 40.1. The molecule has 0 aliphatic heterocycles. The molecule has 0 bridgehead atoms. The number of alkyl halides is 3. The number of amides is 1. The molecule has 0 fully saturated rings. The number of halogens is 3. The third-order valence-electron chi connectivity index (χ3n) is 4.54. The minimum atomic E-state index is -4.47. The Morgan fingerprint density at radius 2 is 1.92 bits per heavy atom. The molecule has 130 valence electrons. The fourth-order valence-corrected chi connectivity index (χ4v) is 3.37. The van der Waals surface area contributed by atoms with Gasteiger partial charge < -0.3 is 11.1 Å². The molecule has 0 saturated carbocycles. The average Bonchev–Trinajstić information content (AvgIpc) is 2.92. The Morgan fingerprint density at radius 3 is 2.60 bits per heavy atom. The summed E-state index contributed by atoms with van der Waals surface area (Å²) in [5.74, 6) is -0.348. The van der Waals surface area contributed by atoms with Gasteiger partial charge in [0.15, 0.2) is 0 Å². The molecule has 1 aliphatic rings. The zero-order chi connectivity index (χ0) is 18.2. The van der Waals surface area contributed by atoms with E-state index in [0.29, 0.717) is 24.1 Å². The third kappa shape index (κ3) is 3.05. The number of anilines is 1. The zero-order valence-electron chi connectivity index (χ0n) is 13.4. The second-order valence-corrected chi connectivity index (χ2v) is 6.08. The quantitative estimate of drug-likeness (QED) is 0.826. The van der Waals surface area contributed by atoms with Crippen LogP contribution < -0.4 is 11.1 Å². The molecular formula is C19H17F3N2O. The van der Waals surface area contributed by atoms with Crippen LogP contribution in [0.5, 0.6) is 0 Å². The Morgan fingerprint density at radius 1 is 1.20 bits per heavy atom. The lowest BCUT2D eigenvalue weighted by molar-refractivity contribution is -0.138. The SMILES string of the molecule is C=CC(=O)Nc1ccc2c(c1)CCC2(N)c1ccccc1C(F)(F)F. The van der Waals surface area contributed by atoms with Crippen molar-refractivity contribution in [3.63, 3.8) is 0 Å². The van der Waals surface area contributed by atoms with Crippen LogP contribution in [0.4, 0.5) is 18.9 Å². The highest BCUT2D eigenvalue weighted by Gasteiger charge is 2.43. The van der Waals surface area contributed by atoms with E-state index in [2.05, 4.69) is 11.9 Å². The Labute approximate surface area is 143 Å². The molecule has 25 heavy (non-hydrogen) atoms. The summed E-state index contributed by atoms with van der Waals surface area (Å²) in [7, 11) is 0. The molecule has 0 saturated heterocycles. The molecule has 3 rings (SSSR count). The second-order valence-electron chi connectivity index (χ2n) is 6.08. The minimum absolute atomic E-state index is 0.0733. The number of nitrogens with two attached hydrogens (primary N) is 1. The van der Waals surface area contributed by atoms with Crippen LogP contribution >= 0.6 is 0 Å². The number of hydrogen-bond acceptors (Lipinski definition) is 2. The summed E-state index contributed by atoms with van der Waals surface area (Å²) in [6.45, 7) is 3.39. The van der Waals surface area contributed by atoms with E-state index in [0.717, 1.165) is 17.7 Å². The van der Waals surface area contributed by atoms with E-state index >= 15 is 0 Å². The second kappa shape index (κ2) is 6.04. The summed E-state index contributed by atoms with van der Waals surface area (Å²) in [4.78, 5) is 11.4. The number of carbonyl (C=O) groups is 1. The molecule has 0 aromatic heterocycles. The van der Waals surface area contributed by atoms with Crippen molar-refractivity contribution < 1.29 is 18.0 Å². The molecule has 3 nitrogen and oxygen atoms in total. The Balaban J connectivity index is 2.05. The average molecular weight is 346 g/mol. The van der Waals surface area contributed by atoms with Crippen LogP contribution in [0.2, 0.25) is 0 Å². The van der Waals surface area contributed by atoms with Gasteiger partial charge in [-0.3, -0.25) is 4.79 Å². The molecule has 1 unspecified atom stereocenters. The van der Waals surface area contributed by atoms with Gasteiger partial charge in [-0.25, -0.2) is 0 Å². The number of benzene rings is 2. The number of nitrogens with one attached hydrogen (secondary N) is 1. The lowest BCUT2D eigenvalue weighted by atomic mass is 9.82. The number of carbonyl (C=O) groups excluding carboxylic acids is 1. The standard InChI is InChI=1S/C19H17F3N2O/c1-2-17(25)24-13-7-8-14-12(11-13)9-10-18(14,23)15-5-3-4-6-16(15)19(20,21)22/h2-8,11H,1,9-10,23H2,(H,24,25). The van der Waals surface area contributed by atoms with E-state index < -0.39 is 17.3 Å². The molecule has 0 radical (unpaired) electrons. The van der Waals surface area contributed by atoms with Crippen LogP contribution in [-0.4, -0.2) is 5.91 Å². The first kappa shape index (κ1) is 17.2. The van der Waals surface area contributed by atoms with Gasteiger partial charge in [-0.05, 0) is 53.8 Å². The molecule has 0 heterocycles. The third-order valence-corrected chi connectivity index (χ3v) is 4.54. The number of fused-ring (bicyclic) bond motifs is 1. The van der Waals surface area contributed by atoms with Gasteiger partial charge >= 0.3 is 6.18 Å². The highest BCUT2D eigenvalue weighted by atomic mass is 19.4. The van der Waals surface area contributed by atoms with Crippen molar-refractivity contribution in [1.82, 2.24) is 0 Å². The number of hydrogen-bond donors (Lipinski definition) is 2. The van der Waals surface area contributed by atoms with Crippen LogP contribution in [0.3, 0.4) is 0 Å². The van der Waals surface area contributed by atoms with Gasteiger partial charge in [-0.2, -0.15) is 13.2 Å². The van der Waals surface area contributed by atoms with Crippen molar-refractivity contribution >= 4 is 11.6 Å². The smallest absolute Gasteiger partial charge is 0.323 e. The Kier molecular flexibility index (Phi) is 4.16. The predicted molar refractivity (Wildman–Crippen MR) is 90.0 cm³/mol. The van der Waals surface area contributed by atoms with Crippen molar-refractivity contribution in [1.29, 1.82) is 0 Å². The molecule has 1 atom stereocenters. The summed E-state index contributed by atoms with van der Waals surface area (Å²) in [6, 6.07) is 10.5. The first-order chi connectivity index (χ1) is 11.8. The lowest BCUT2D eigenvalue weighted by Crippen LogP contribution is -2.37. The van der Waals surface area contributed by atoms with Crippen LogP contribution in [0.25, 0.3) is 0 Å². The fourth-order valence-electron chi connectivity index (χ4n) is 3.37. The van der Waals surface area contributed by atoms with E-state index in [-0.39, 0.29) is 11.5 Å². The maximum Gasteiger partial charge on any atom is 0.416 e. The molecule has 2 aromatic carbocycles. The van der Waals surface area contributed by atoms with E-state index in [4.69, 9.17) is 5.73 Å². The minimum Gasteiger partial charge on any atom is -0.323 e. The first-order valence-corrected chi connectivity index (χ1v) is 7.78. The normalized spacial score (nSPS) is 19.4. The summed E-state index contributed by atoms with van der Waals surface area (Å²) >= 11 is 0. The number of rotatable bonds is 3. The highest BCUT2D eigenvalue weighted by molar-refractivity contribution is 5.98. The molecule has 1 amide bonds. The summed E-state index contributed by atoms with van der Waals surface area (Å²) in [5.41, 5.74) is 6.67. The van der Waals surface area contributed by atoms with Crippen LogP contribution in [0.1, 0.15) is 28.7 Å². The van der Waals surface area contributed by atoms with Crippen LogP contribution in [0.15, 0.2) is 55.1 Å². The monoisotopic (exact) mass is 346 g/mol. The van der Waals surface area contributed by atoms with Crippen molar-refractivity contribution in [2.45, 2.75) is 24.6 Å². The van der Waals surface area contributed by atoms with Gasteiger partial charge in [-0.15, -0.1) is 0 Å². The number of aryl methyl sites for hydroxylation is 1.